The number of ether oxygens (including phenoxy) is 1. The summed E-state index contributed by atoms with van der Waals surface area (Å²) in [5.74, 6) is 0.990. The third kappa shape index (κ3) is 2.81. The largest absolute Gasteiger partial charge is 0.484 e. The lowest BCUT2D eigenvalue weighted by Gasteiger charge is -2.33. The molecule has 1 N–H and O–H groups in total. The molecule has 2 aromatic rings. The molecule has 0 fully saturated rings. The maximum atomic E-state index is 6.24. The number of imidazole rings is 1. The minimum atomic E-state index is 0.0676. The molecule has 1 aliphatic heterocycles. The average Bonchev–Trinajstić information content (AvgIpc) is 2.96. The smallest absolute Gasteiger partial charge is 0.142 e. The molecule has 2 atom stereocenters. The first-order valence-corrected chi connectivity index (χ1v) is 7.82. The van der Waals surface area contributed by atoms with Gasteiger partial charge in [-0.25, -0.2) is 4.98 Å². The third-order valence-electron chi connectivity index (χ3n) is 4.00. The summed E-state index contributed by atoms with van der Waals surface area (Å²) in [6.45, 7) is 6.28. The summed E-state index contributed by atoms with van der Waals surface area (Å²) in [6, 6.07) is 8.67. The average molecular weight is 285 g/mol. The van der Waals surface area contributed by atoms with Gasteiger partial charge in [0.15, 0.2) is 0 Å². The molecule has 2 unspecified atom stereocenters. The third-order valence-corrected chi connectivity index (χ3v) is 4.00. The van der Waals surface area contributed by atoms with Gasteiger partial charge in [-0.3, -0.25) is 0 Å². The Morgan fingerprint density at radius 2 is 2.19 bits per heavy atom. The second kappa shape index (κ2) is 6.31. The Hall–Kier alpha value is -1.81. The molecule has 2 heterocycles. The Kier molecular flexibility index (Phi) is 4.25. The summed E-state index contributed by atoms with van der Waals surface area (Å²) >= 11 is 0. The fraction of sp³-hybridized carbons (Fsp3) is 0.471. The lowest BCUT2D eigenvalue weighted by Crippen LogP contribution is -2.29. The number of aromatic nitrogens is 2. The van der Waals surface area contributed by atoms with Crippen molar-refractivity contribution >= 4 is 0 Å². The van der Waals surface area contributed by atoms with E-state index in [2.05, 4.69) is 46.9 Å². The molecule has 0 bridgehead atoms. The fourth-order valence-corrected chi connectivity index (χ4v) is 3.07. The van der Waals surface area contributed by atoms with Crippen LogP contribution in [0, 0.1) is 0 Å². The van der Waals surface area contributed by atoms with Gasteiger partial charge in [0.2, 0.25) is 0 Å². The van der Waals surface area contributed by atoms with Crippen molar-refractivity contribution in [3.63, 3.8) is 0 Å². The first-order chi connectivity index (χ1) is 10.3. The van der Waals surface area contributed by atoms with Gasteiger partial charge >= 0.3 is 0 Å². The quantitative estimate of drug-likeness (QED) is 0.914. The molecule has 4 heteroatoms. The molecule has 1 aliphatic rings. The van der Waals surface area contributed by atoms with E-state index < -0.39 is 0 Å². The molecule has 21 heavy (non-hydrogen) atoms. The molecule has 0 aliphatic carbocycles. The Morgan fingerprint density at radius 1 is 1.33 bits per heavy atom. The molecule has 112 valence electrons. The van der Waals surface area contributed by atoms with Crippen LogP contribution >= 0.6 is 0 Å². The van der Waals surface area contributed by atoms with Crippen LogP contribution in [0.15, 0.2) is 36.8 Å². The van der Waals surface area contributed by atoms with Crippen molar-refractivity contribution < 1.29 is 4.74 Å². The van der Waals surface area contributed by atoms with Gasteiger partial charge in [-0.05, 0) is 19.0 Å². The first-order valence-electron chi connectivity index (χ1n) is 7.82. The number of nitrogens with zero attached hydrogens (tertiary/aromatic N) is 2. The van der Waals surface area contributed by atoms with Crippen LogP contribution in [0.2, 0.25) is 0 Å². The number of para-hydroxylation sites is 1. The zero-order valence-electron chi connectivity index (χ0n) is 12.7. The van der Waals surface area contributed by atoms with Crippen LogP contribution in [0.3, 0.4) is 0 Å². The van der Waals surface area contributed by atoms with Crippen molar-refractivity contribution in [3.05, 3.63) is 48.0 Å². The molecular weight excluding hydrogens is 262 g/mol. The molecule has 1 aromatic heterocycles. The summed E-state index contributed by atoms with van der Waals surface area (Å²) in [5, 5.41) is 3.57. The van der Waals surface area contributed by atoms with Gasteiger partial charge in [-0.15, -0.1) is 0 Å². The second-order valence-corrected chi connectivity index (χ2v) is 5.50. The van der Waals surface area contributed by atoms with E-state index in [1.54, 1.807) is 0 Å². The van der Waals surface area contributed by atoms with Crippen LogP contribution in [0.25, 0.3) is 0 Å². The van der Waals surface area contributed by atoms with Crippen LogP contribution in [0.4, 0.5) is 0 Å². The minimum absolute atomic E-state index is 0.0676. The van der Waals surface area contributed by atoms with Crippen molar-refractivity contribution in [3.8, 4) is 5.75 Å². The molecule has 0 amide bonds. The van der Waals surface area contributed by atoms with Gasteiger partial charge in [0.05, 0.1) is 18.2 Å². The fourth-order valence-electron chi connectivity index (χ4n) is 3.07. The summed E-state index contributed by atoms with van der Waals surface area (Å²) in [5.41, 5.74) is 2.44. The van der Waals surface area contributed by atoms with Gasteiger partial charge in [-0.1, -0.05) is 32.0 Å². The Labute approximate surface area is 126 Å². The molecule has 0 saturated carbocycles. The van der Waals surface area contributed by atoms with E-state index >= 15 is 0 Å². The first kappa shape index (κ1) is 14.1. The number of nitrogens with one attached hydrogen (secondary N) is 1. The maximum absolute atomic E-state index is 6.24. The number of benzene rings is 1. The zero-order valence-corrected chi connectivity index (χ0v) is 12.7. The molecule has 0 saturated heterocycles. The lowest BCUT2D eigenvalue weighted by molar-refractivity contribution is 0.144. The number of hydrogen-bond donors (Lipinski definition) is 1. The number of aryl methyl sites for hydroxylation is 1. The SMILES string of the molecule is CCCn1cncc1C1CC(NCC)c2ccccc2O1. The number of hydrogen-bond acceptors (Lipinski definition) is 3. The Morgan fingerprint density at radius 3 is 3.00 bits per heavy atom. The van der Waals surface area contributed by atoms with Gasteiger partial charge in [-0.2, -0.15) is 0 Å². The topological polar surface area (TPSA) is 39.1 Å². The van der Waals surface area contributed by atoms with Crippen molar-refractivity contribution in [2.75, 3.05) is 6.54 Å². The van der Waals surface area contributed by atoms with E-state index in [0.29, 0.717) is 6.04 Å². The maximum Gasteiger partial charge on any atom is 0.142 e. The summed E-state index contributed by atoms with van der Waals surface area (Å²) in [4.78, 5) is 4.31. The van der Waals surface area contributed by atoms with Crippen molar-refractivity contribution in [1.29, 1.82) is 0 Å². The van der Waals surface area contributed by atoms with E-state index in [4.69, 9.17) is 4.74 Å². The van der Waals surface area contributed by atoms with Crippen LogP contribution in [-0.2, 0) is 6.54 Å². The minimum Gasteiger partial charge on any atom is -0.484 e. The van der Waals surface area contributed by atoms with Crippen molar-refractivity contribution in [2.45, 2.75) is 45.4 Å². The van der Waals surface area contributed by atoms with Crippen LogP contribution < -0.4 is 10.1 Å². The lowest BCUT2D eigenvalue weighted by atomic mass is 9.95. The van der Waals surface area contributed by atoms with Crippen molar-refractivity contribution in [1.82, 2.24) is 14.9 Å². The molecule has 1 aromatic carbocycles. The predicted molar refractivity (Wildman–Crippen MR) is 83.4 cm³/mol. The van der Waals surface area contributed by atoms with E-state index in [1.165, 1.54) is 11.3 Å². The molecule has 0 radical (unpaired) electrons. The standard InChI is InChI=1S/C17H23N3O/c1-3-9-20-12-18-11-15(20)17-10-14(19-4-2)13-7-5-6-8-16(13)21-17/h5-8,11-12,14,17,19H,3-4,9-10H2,1-2H3. The Balaban J connectivity index is 1.90. The van der Waals surface area contributed by atoms with E-state index in [1.807, 2.05) is 18.6 Å². The van der Waals surface area contributed by atoms with Gasteiger partial charge < -0.3 is 14.6 Å². The highest BCUT2D eigenvalue weighted by Crippen LogP contribution is 2.40. The highest BCUT2D eigenvalue weighted by Gasteiger charge is 2.30. The molecule has 0 spiro atoms. The predicted octanol–water partition coefficient (Wildman–Crippen LogP) is 3.47. The van der Waals surface area contributed by atoms with Gasteiger partial charge in [0.25, 0.3) is 0 Å². The Bertz CT molecular complexity index is 593. The highest BCUT2D eigenvalue weighted by molar-refractivity contribution is 5.38. The summed E-state index contributed by atoms with van der Waals surface area (Å²) in [6.07, 6.45) is 5.96. The monoisotopic (exact) mass is 285 g/mol. The summed E-state index contributed by atoms with van der Waals surface area (Å²) in [7, 11) is 0. The van der Waals surface area contributed by atoms with E-state index in [-0.39, 0.29) is 6.10 Å². The van der Waals surface area contributed by atoms with Gasteiger partial charge in [0.1, 0.15) is 11.9 Å². The van der Waals surface area contributed by atoms with E-state index in [0.717, 1.165) is 31.7 Å². The van der Waals surface area contributed by atoms with E-state index in [9.17, 15) is 0 Å². The second-order valence-electron chi connectivity index (χ2n) is 5.50. The highest BCUT2D eigenvalue weighted by atomic mass is 16.5. The normalized spacial score (nSPS) is 20.9. The molecule has 4 nitrogen and oxygen atoms in total. The molecule has 3 rings (SSSR count). The van der Waals surface area contributed by atoms with Crippen LogP contribution in [0.1, 0.15) is 50.1 Å². The van der Waals surface area contributed by atoms with Crippen LogP contribution in [0.5, 0.6) is 5.75 Å². The number of fused-ring (bicyclic) bond motifs is 1. The molecular formula is C17H23N3O. The van der Waals surface area contributed by atoms with Crippen molar-refractivity contribution in [2.24, 2.45) is 0 Å². The summed E-state index contributed by atoms with van der Waals surface area (Å²) < 4.78 is 8.45. The number of rotatable bonds is 5. The zero-order chi connectivity index (χ0) is 14.7. The van der Waals surface area contributed by atoms with Crippen LogP contribution in [-0.4, -0.2) is 16.1 Å². The van der Waals surface area contributed by atoms with Gasteiger partial charge in [0, 0.05) is 24.6 Å².